The Kier molecular flexibility index (Phi) is 9.85. The maximum absolute atomic E-state index is 13.2. The van der Waals surface area contributed by atoms with E-state index in [2.05, 4.69) is 27.5 Å². The lowest BCUT2D eigenvalue weighted by molar-refractivity contribution is 0.223. The highest BCUT2D eigenvalue weighted by atomic mass is 127. The molecule has 0 bridgehead atoms. The number of aryl methyl sites for hydroxylation is 2. The van der Waals surface area contributed by atoms with Gasteiger partial charge in [0.2, 0.25) is 0 Å². The summed E-state index contributed by atoms with van der Waals surface area (Å²) in [5.74, 6) is 0.925. The number of nitrogens with one attached hydrogen (secondary N) is 2. The van der Waals surface area contributed by atoms with Crippen LogP contribution in [0.3, 0.4) is 0 Å². The van der Waals surface area contributed by atoms with E-state index in [4.69, 9.17) is 4.74 Å². The van der Waals surface area contributed by atoms with Gasteiger partial charge in [-0.3, -0.25) is 4.99 Å². The molecule has 8 heteroatoms. The van der Waals surface area contributed by atoms with E-state index in [-0.39, 0.29) is 35.9 Å². The molecule has 1 unspecified atom stereocenters. The molecule has 144 valence electrons. The minimum absolute atomic E-state index is 0. The SMILES string of the molecule is CN=C(NCCc1nc(C)c(C)s1)NCC(C)Oc1cccc(F)c1.I. The molecule has 2 rings (SSSR count). The average molecular weight is 492 g/mol. The molecule has 0 saturated carbocycles. The topological polar surface area (TPSA) is 58.5 Å². The van der Waals surface area contributed by atoms with Gasteiger partial charge in [0.1, 0.15) is 17.7 Å². The smallest absolute Gasteiger partial charge is 0.191 e. The van der Waals surface area contributed by atoms with Gasteiger partial charge in [-0.25, -0.2) is 9.37 Å². The van der Waals surface area contributed by atoms with Crippen LogP contribution < -0.4 is 15.4 Å². The standard InChI is InChI=1S/C18H25FN4OS.HI/c1-12(24-16-7-5-6-15(19)10-16)11-22-18(20-4)21-9-8-17-23-13(2)14(3)25-17;/h5-7,10,12H,8-9,11H2,1-4H3,(H2,20,21,22);1H. The Morgan fingerprint density at radius 1 is 1.35 bits per heavy atom. The molecule has 2 N–H and O–H groups in total. The number of guanidine groups is 1. The van der Waals surface area contributed by atoms with Crippen LogP contribution in [0, 0.1) is 19.7 Å². The zero-order valence-corrected chi connectivity index (χ0v) is 18.7. The molecule has 2 aromatic rings. The van der Waals surface area contributed by atoms with Crippen molar-refractivity contribution in [3.63, 3.8) is 0 Å². The Balaban J connectivity index is 0.00000338. The summed E-state index contributed by atoms with van der Waals surface area (Å²) in [7, 11) is 1.73. The van der Waals surface area contributed by atoms with Crippen molar-refractivity contribution >= 4 is 41.3 Å². The lowest BCUT2D eigenvalue weighted by Crippen LogP contribution is -2.42. The average Bonchev–Trinajstić information content (AvgIpc) is 2.88. The fraction of sp³-hybridized carbons (Fsp3) is 0.444. The number of benzene rings is 1. The van der Waals surface area contributed by atoms with Gasteiger partial charge in [-0.2, -0.15) is 0 Å². The quantitative estimate of drug-likeness (QED) is 0.352. The van der Waals surface area contributed by atoms with Crippen LogP contribution in [-0.2, 0) is 6.42 Å². The summed E-state index contributed by atoms with van der Waals surface area (Å²) in [4.78, 5) is 9.99. The van der Waals surface area contributed by atoms with Crippen LogP contribution in [0.25, 0.3) is 0 Å². The number of thiazole rings is 1. The van der Waals surface area contributed by atoms with E-state index in [1.165, 1.54) is 17.0 Å². The minimum Gasteiger partial charge on any atom is -0.489 e. The Labute approximate surface area is 175 Å². The van der Waals surface area contributed by atoms with Crippen molar-refractivity contribution in [3.8, 4) is 5.75 Å². The second kappa shape index (κ2) is 11.3. The van der Waals surface area contributed by atoms with E-state index in [0.717, 1.165) is 23.7 Å². The highest BCUT2D eigenvalue weighted by Gasteiger charge is 2.07. The van der Waals surface area contributed by atoms with Gasteiger partial charge >= 0.3 is 0 Å². The van der Waals surface area contributed by atoms with Gasteiger partial charge in [0.25, 0.3) is 0 Å². The van der Waals surface area contributed by atoms with Crippen molar-refractivity contribution in [2.45, 2.75) is 33.3 Å². The van der Waals surface area contributed by atoms with Gasteiger partial charge in [0, 0.05) is 31.0 Å². The summed E-state index contributed by atoms with van der Waals surface area (Å²) in [6.45, 7) is 7.36. The molecule has 0 saturated heterocycles. The molecular weight excluding hydrogens is 466 g/mol. The summed E-state index contributed by atoms with van der Waals surface area (Å²) in [6, 6.07) is 6.15. The van der Waals surface area contributed by atoms with Crippen LogP contribution in [0.2, 0.25) is 0 Å². The van der Waals surface area contributed by atoms with E-state index < -0.39 is 0 Å². The zero-order chi connectivity index (χ0) is 18.2. The Hall–Kier alpha value is -1.42. The third kappa shape index (κ3) is 7.45. The number of hydrogen-bond acceptors (Lipinski definition) is 4. The monoisotopic (exact) mass is 492 g/mol. The van der Waals surface area contributed by atoms with E-state index in [9.17, 15) is 4.39 Å². The maximum atomic E-state index is 13.2. The number of aliphatic imine (C=N–C) groups is 1. The first-order chi connectivity index (χ1) is 12.0. The van der Waals surface area contributed by atoms with Crippen molar-refractivity contribution in [1.29, 1.82) is 0 Å². The summed E-state index contributed by atoms with van der Waals surface area (Å²) >= 11 is 1.73. The summed E-state index contributed by atoms with van der Waals surface area (Å²) in [5, 5.41) is 7.60. The van der Waals surface area contributed by atoms with Crippen LogP contribution in [0.5, 0.6) is 5.75 Å². The summed E-state index contributed by atoms with van der Waals surface area (Å²) in [5.41, 5.74) is 1.10. The predicted octanol–water partition coefficient (Wildman–Crippen LogP) is 3.69. The van der Waals surface area contributed by atoms with E-state index in [0.29, 0.717) is 18.3 Å². The second-order valence-corrected chi connectivity index (χ2v) is 7.05. The van der Waals surface area contributed by atoms with Crippen LogP contribution in [-0.4, -0.2) is 37.2 Å². The van der Waals surface area contributed by atoms with Gasteiger partial charge in [0.05, 0.1) is 17.2 Å². The number of ether oxygens (including phenoxy) is 1. The molecule has 5 nitrogen and oxygen atoms in total. The molecule has 0 radical (unpaired) electrons. The number of nitrogens with zero attached hydrogens (tertiary/aromatic N) is 2. The molecule has 0 aliphatic rings. The van der Waals surface area contributed by atoms with Gasteiger partial charge in [-0.15, -0.1) is 35.3 Å². The molecule has 1 heterocycles. The first-order valence-electron chi connectivity index (χ1n) is 8.27. The molecular formula is C18H26FIN4OS. The third-order valence-corrected chi connectivity index (χ3v) is 4.75. The highest BCUT2D eigenvalue weighted by Crippen LogP contribution is 2.16. The van der Waals surface area contributed by atoms with E-state index in [1.54, 1.807) is 30.5 Å². The number of hydrogen-bond donors (Lipinski definition) is 2. The molecule has 26 heavy (non-hydrogen) atoms. The number of aromatic nitrogens is 1. The molecule has 0 amide bonds. The first kappa shape index (κ1) is 22.6. The minimum atomic E-state index is -0.303. The van der Waals surface area contributed by atoms with Crippen molar-refractivity contribution in [1.82, 2.24) is 15.6 Å². The molecule has 0 aliphatic carbocycles. The highest BCUT2D eigenvalue weighted by molar-refractivity contribution is 14.0. The molecule has 0 spiro atoms. The van der Waals surface area contributed by atoms with Gasteiger partial charge in [-0.05, 0) is 32.9 Å². The van der Waals surface area contributed by atoms with Crippen molar-refractivity contribution < 1.29 is 9.13 Å². The molecule has 0 fully saturated rings. The Morgan fingerprint density at radius 2 is 2.12 bits per heavy atom. The second-order valence-electron chi connectivity index (χ2n) is 5.76. The number of halogens is 2. The normalized spacial score (nSPS) is 12.3. The molecule has 1 aromatic heterocycles. The van der Waals surface area contributed by atoms with Gasteiger partial charge in [0.15, 0.2) is 5.96 Å². The van der Waals surface area contributed by atoms with Crippen LogP contribution in [0.1, 0.15) is 22.5 Å². The van der Waals surface area contributed by atoms with Crippen LogP contribution in [0.15, 0.2) is 29.3 Å². The van der Waals surface area contributed by atoms with Gasteiger partial charge in [-0.1, -0.05) is 6.07 Å². The molecule has 1 aromatic carbocycles. The largest absolute Gasteiger partial charge is 0.489 e. The van der Waals surface area contributed by atoms with Crippen molar-refractivity contribution in [2.75, 3.05) is 20.1 Å². The predicted molar refractivity (Wildman–Crippen MR) is 117 cm³/mol. The lowest BCUT2D eigenvalue weighted by Gasteiger charge is -2.17. The fourth-order valence-electron chi connectivity index (χ4n) is 2.21. The van der Waals surface area contributed by atoms with Crippen molar-refractivity contribution in [2.24, 2.45) is 4.99 Å². The van der Waals surface area contributed by atoms with Crippen LogP contribution >= 0.6 is 35.3 Å². The third-order valence-electron chi connectivity index (χ3n) is 3.62. The van der Waals surface area contributed by atoms with E-state index >= 15 is 0 Å². The molecule has 1 atom stereocenters. The summed E-state index contributed by atoms with van der Waals surface area (Å²) in [6.07, 6.45) is 0.736. The summed E-state index contributed by atoms with van der Waals surface area (Å²) < 4.78 is 18.8. The molecule has 0 aliphatic heterocycles. The van der Waals surface area contributed by atoms with Gasteiger partial charge < -0.3 is 15.4 Å². The number of rotatable bonds is 7. The first-order valence-corrected chi connectivity index (χ1v) is 9.09. The van der Waals surface area contributed by atoms with E-state index in [1.807, 2.05) is 13.8 Å². The lowest BCUT2D eigenvalue weighted by atomic mass is 10.3. The fourth-order valence-corrected chi connectivity index (χ4v) is 3.14. The zero-order valence-electron chi connectivity index (χ0n) is 15.5. The van der Waals surface area contributed by atoms with Crippen molar-refractivity contribution in [3.05, 3.63) is 45.7 Å². The Bertz CT molecular complexity index is 703. The van der Waals surface area contributed by atoms with Crippen LogP contribution in [0.4, 0.5) is 4.39 Å². The Morgan fingerprint density at radius 3 is 2.73 bits per heavy atom. The maximum Gasteiger partial charge on any atom is 0.191 e.